The highest BCUT2D eigenvalue weighted by Gasteiger charge is 2.30. The Balaban J connectivity index is 1.05. The molecule has 0 bridgehead atoms. The van der Waals surface area contributed by atoms with Crippen LogP contribution in [0.25, 0.3) is 0 Å². The smallest absolute Gasteiger partial charge is 0.417 e. The molecule has 4 aromatic rings. The highest BCUT2D eigenvalue weighted by atomic mass is 19.4. The number of nitrogens with zero attached hydrogens (tertiary/aromatic N) is 3. The van der Waals surface area contributed by atoms with E-state index in [2.05, 4.69) is 16.0 Å². The molecule has 0 atom stereocenters. The summed E-state index contributed by atoms with van der Waals surface area (Å²) < 4.78 is 55.1. The lowest BCUT2D eigenvalue weighted by atomic mass is 10.1. The molecule has 1 amide bonds. The van der Waals surface area contributed by atoms with E-state index in [0.29, 0.717) is 43.6 Å². The van der Waals surface area contributed by atoms with Gasteiger partial charge in [0.2, 0.25) is 5.88 Å². The molecule has 2 aromatic heterocycles. The minimum Gasteiger partial charge on any atom is -0.490 e. The van der Waals surface area contributed by atoms with Gasteiger partial charge in [-0.15, -0.1) is 0 Å². The molecule has 1 saturated heterocycles. The standard InChI is InChI=1S/C31H28F3N3O4/c1-21-2-6-24(35-19-21)18-22-3-7-25(8-4-22)39-28-14-16-37(17-15-28)30(38)41-27-11-9-26(10-12-27)40-29-13-5-23(20-36-29)31(32,33)34/h2-13,19-20,28H,14-18H2,1H3. The van der Waals surface area contributed by atoms with Crippen LogP contribution in [0, 0.1) is 6.92 Å². The fourth-order valence-electron chi connectivity index (χ4n) is 4.32. The van der Waals surface area contributed by atoms with Gasteiger partial charge in [0, 0.05) is 56.5 Å². The van der Waals surface area contributed by atoms with E-state index in [4.69, 9.17) is 14.2 Å². The van der Waals surface area contributed by atoms with E-state index >= 15 is 0 Å². The molecule has 10 heteroatoms. The third-order valence-corrected chi connectivity index (χ3v) is 6.60. The number of likely N-dealkylation sites (tertiary alicyclic amines) is 1. The molecule has 2 aromatic carbocycles. The van der Waals surface area contributed by atoms with Crippen LogP contribution in [-0.4, -0.2) is 40.2 Å². The van der Waals surface area contributed by atoms with Crippen molar-refractivity contribution in [1.29, 1.82) is 0 Å². The molecule has 7 nitrogen and oxygen atoms in total. The Hall–Kier alpha value is -4.60. The summed E-state index contributed by atoms with van der Waals surface area (Å²) in [6.07, 6.45) is -0.239. The second-order valence-electron chi connectivity index (χ2n) is 9.78. The maximum Gasteiger partial charge on any atom is 0.417 e. The molecule has 212 valence electrons. The average Bonchev–Trinajstić information content (AvgIpc) is 2.96. The summed E-state index contributed by atoms with van der Waals surface area (Å²) in [4.78, 5) is 22.4. The number of aryl methyl sites for hydroxylation is 1. The molecule has 1 aliphatic heterocycles. The van der Waals surface area contributed by atoms with E-state index in [1.807, 2.05) is 43.5 Å². The Morgan fingerprint density at radius 2 is 1.54 bits per heavy atom. The van der Waals surface area contributed by atoms with Crippen molar-refractivity contribution in [2.45, 2.75) is 38.5 Å². The molecular formula is C31H28F3N3O4. The predicted octanol–water partition coefficient (Wildman–Crippen LogP) is 7.23. The second kappa shape index (κ2) is 12.3. The molecule has 5 rings (SSSR count). The van der Waals surface area contributed by atoms with Gasteiger partial charge >= 0.3 is 12.3 Å². The lowest BCUT2D eigenvalue weighted by Gasteiger charge is -2.31. The summed E-state index contributed by atoms with van der Waals surface area (Å²) in [5.74, 6) is 1.47. The summed E-state index contributed by atoms with van der Waals surface area (Å²) in [6.45, 7) is 3.02. The largest absolute Gasteiger partial charge is 0.490 e. The molecule has 1 aliphatic rings. The fourth-order valence-corrected chi connectivity index (χ4v) is 4.32. The van der Waals surface area contributed by atoms with Crippen molar-refractivity contribution in [3.05, 3.63) is 108 Å². The molecule has 0 aliphatic carbocycles. The van der Waals surface area contributed by atoms with Crippen molar-refractivity contribution in [3.63, 3.8) is 0 Å². The van der Waals surface area contributed by atoms with Gasteiger partial charge in [-0.1, -0.05) is 18.2 Å². The van der Waals surface area contributed by atoms with Crippen LogP contribution in [0.15, 0.2) is 85.2 Å². The van der Waals surface area contributed by atoms with Crippen LogP contribution in [0.3, 0.4) is 0 Å². The number of hydrogen-bond donors (Lipinski definition) is 0. The number of amides is 1. The molecule has 1 fully saturated rings. The van der Waals surface area contributed by atoms with E-state index in [1.165, 1.54) is 0 Å². The van der Waals surface area contributed by atoms with Crippen molar-refractivity contribution in [3.8, 4) is 23.1 Å². The molecule has 0 spiro atoms. The lowest BCUT2D eigenvalue weighted by Crippen LogP contribution is -2.43. The maximum atomic E-state index is 12.7. The van der Waals surface area contributed by atoms with E-state index < -0.39 is 17.8 Å². The summed E-state index contributed by atoms with van der Waals surface area (Å²) in [5.41, 5.74) is 2.45. The summed E-state index contributed by atoms with van der Waals surface area (Å²) in [6, 6.07) is 20.3. The first-order valence-electron chi connectivity index (χ1n) is 13.2. The first-order valence-corrected chi connectivity index (χ1v) is 13.2. The third kappa shape index (κ3) is 7.75. The van der Waals surface area contributed by atoms with Crippen molar-refractivity contribution in [1.82, 2.24) is 14.9 Å². The number of piperidine rings is 1. The third-order valence-electron chi connectivity index (χ3n) is 6.60. The summed E-state index contributed by atoms with van der Waals surface area (Å²) in [5, 5.41) is 0. The highest BCUT2D eigenvalue weighted by molar-refractivity contribution is 5.70. The van der Waals surface area contributed by atoms with Crippen LogP contribution in [0.4, 0.5) is 18.0 Å². The van der Waals surface area contributed by atoms with Crippen LogP contribution in [0.2, 0.25) is 0 Å². The number of rotatable bonds is 7. The van der Waals surface area contributed by atoms with Crippen LogP contribution >= 0.6 is 0 Å². The van der Waals surface area contributed by atoms with Gasteiger partial charge in [-0.05, 0) is 66.6 Å². The molecule has 3 heterocycles. The SMILES string of the molecule is Cc1ccc(Cc2ccc(OC3CCN(C(=O)Oc4ccc(Oc5ccc(C(F)(F)F)cn5)cc4)CC3)cc2)nc1. The molecule has 0 N–H and O–H groups in total. The van der Waals surface area contributed by atoms with Crippen LogP contribution in [-0.2, 0) is 12.6 Å². The van der Waals surface area contributed by atoms with Crippen molar-refractivity contribution in [2.75, 3.05) is 13.1 Å². The van der Waals surface area contributed by atoms with E-state index in [0.717, 1.165) is 41.1 Å². The van der Waals surface area contributed by atoms with Gasteiger partial charge in [0.25, 0.3) is 0 Å². The van der Waals surface area contributed by atoms with Gasteiger partial charge in [0.1, 0.15) is 23.4 Å². The number of alkyl halides is 3. The van der Waals surface area contributed by atoms with Gasteiger partial charge in [0.15, 0.2) is 0 Å². The number of pyridine rings is 2. The topological polar surface area (TPSA) is 73.8 Å². The number of benzene rings is 2. The number of ether oxygens (including phenoxy) is 3. The Morgan fingerprint density at radius 3 is 2.15 bits per heavy atom. The fraction of sp³-hybridized carbons (Fsp3) is 0.258. The first-order chi connectivity index (χ1) is 19.7. The minimum atomic E-state index is -4.47. The van der Waals surface area contributed by atoms with E-state index in [9.17, 15) is 18.0 Å². The predicted molar refractivity (Wildman–Crippen MR) is 145 cm³/mol. The van der Waals surface area contributed by atoms with Gasteiger partial charge in [-0.3, -0.25) is 4.98 Å². The Kier molecular flexibility index (Phi) is 8.37. The maximum absolute atomic E-state index is 12.7. The monoisotopic (exact) mass is 563 g/mol. The zero-order valence-corrected chi connectivity index (χ0v) is 22.3. The molecular weight excluding hydrogens is 535 g/mol. The minimum absolute atomic E-state index is 0.00101. The summed E-state index contributed by atoms with van der Waals surface area (Å²) in [7, 11) is 0. The highest BCUT2D eigenvalue weighted by Crippen LogP contribution is 2.30. The number of carbonyl (C=O) groups excluding carboxylic acids is 1. The quantitative estimate of drug-likeness (QED) is 0.236. The van der Waals surface area contributed by atoms with Crippen LogP contribution in [0.1, 0.15) is 35.2 Å². The normalized spacial score (nSPS) is 14.0. The van der Waals surface area contributed by atoms with Gasteiger partial charge in [-0.25, -0.2) is 9.78 Å². The molecule has 41 heavy (non-hydrogen) atoms. The van der Waals surface area contributed by atoms with Gasteiger partial charge < -0.3 is 19.1 Å². The van der Waals surface area contributed by atoms with Gasteiger partial charge in [-0.2, -0.15) is 13.2 Å². The summed E-state index contributed by atoms with van der Waals surface area (Å²) >= 11 is 0. The molecule has 0 radical (unpaired) electrons. The first kappa shape index (κ1) is 27.9. The second-order valence-corrected chi connectivity index (χ2v) is 9.78. The zero-order chi connectivity index (χ0) is 28.8. The van der Waals surface area contributed by atoms with Crippen molar-refractivity contribution in [2.24, 2.45) is 0 Å². The lowest BCUT2D eigenvalue weighted by molar-refractivity contribution is -0.137. The van der Waals surface area contributed by atoms with Crippen molar-refractivity contribution < 1.29 is 32.2 Å². The van der Waals surface area contributed by atoms with Crippen LogP contribution < -0.4 is 14.2 Å². The zero-order valence-electron chi connectivity index (χ0n) is 22.3. The molecule has 0 unspecified atom stereocenters. The number of aromatic nitrogens is 2. The van der Waals surface area contributed by atoms with Crippen LogP contribution in [0.5, 0.6) is 23.1 Å². The number of hydrogen-bond acceptors (Lipinski definition) is 6. The number of halogens is 3. The average molecular weight is 564 g/mol. The van der Waals surface area contributed by atoms with E-state index in [-0.39, 0.29) is 12.0 Å². The molecule has 0 saturated carbocycles. The van der Waals surface area contributed by atoms with Crippen molar-refractivity contribution >= 4 is 6.09 Å². The Bertz CT molecular complexity index is 1430. The number of carbonyl (C=O) groups is 1. The van der Waals surface area contributed by atoms with E-state index in [1.54, 1.807) is 29.2 Å². The van der Waals surface area contributed by atoms with Gasteiger partial charge in [0.05, 0.1) is 5.56 Å². The Morgan fingerprint density at radius 1 is 0.854 bits per heavy atom. The Labute approximate surface area is 235 Å².